The summed E-state index contributed by atoms with van der Waals surface area (Å²) in [7, 11) is -9.76. The Balaban J connectivity index is 1.96. The molecule has 8 nitrogen and oxygen atoms in total. The van der Waals surface area contributed by atoms with Crippen molar-refractivity contribution in [2.24, 2.45) is 11.8 Å². The van der Waals surface area contributed by atoms with Crippen molar-refractivity contribution < 1.29 is 21.7 Å². The van der Waals surface area contributed by atoms with E-state index in [1.54, 1.807) is 18.2 Å². The molecule has 1 aliphatic heterocycles. The van der Waals surface area contributed by atoms with Crippen LogP contribution in [0.5, 0.6) is 0 Å². The minimum absolute atomic E-state index is 0.0184. The van der Waals surface area contributed by atoms with Gasteiger partial charge < -0.3 is 5.32 Å². The Bertz CT molecular complexity index is 1240. The van der Waals surface area contributed by atoms with Crippen molar-refractivity contribution in [3.8, 4) is 0 Å². The third-order valence-corrected chi connectivity index (χ3v) is 10.9. The summed E-state index contributed by atoms with van der Waals surface area (Å²) >= 11 is 0. The molecule has 1 saturated heterocycles. The SMILES string of the molecule is CCc1ccc(N(CC(C)C)S(=O)(=O)c2ccc(NCC3CCS(O)(O)C3)c(S(C)(=N)=O)c2)cc1. The van der Waals surface area contributed by atoms with Crippen LogP contribution < -0.4 is 9.62 Å². The molecule has 2 unspecified atom stereocenters. The van der Waals surface area contributed by atoms with Crippen molar-refractivity contribution in [1.82, 2.24) is 0 Å². The summed E-state index contributed by atoms with van der Waals surface area (Å²) in [5, 5.41) is 3.17. The molecule has 35 heavy (non-hydrogen) atoms. The Morgan fingerprint density at radius 1 is 1.14 bits per heavy atom. The second kappa shape index (κ2) is 10.7. The van der Waals surface area contributed by atoms with Gasteiger partial charge in [0.15, 0.2) is 0 Å². The van der Waals surface area contributed by atoms with E-state index in [9.17, 15) is 21.7 Å². The minimum Gasteiger partial charge on any atom is -0.384 e. The molecule has 0 saturated carbocycles. The summed E-state index contributed by atoms with van der Waals surface area (Å²) in [6.07, 6.45) is 2.79. The van der Waals surface area contributed by atoms with Gasteiger partial charge in [0.05, 0.1) is 30.9 Å². The van der Waals surface area contributed by atoms with E-state index in [-0.39, 0.29) is 28.2 Å². The average molecular weight is 544 g/mol. The van der Waals surface area contributed by atoms with E-state index >= 15 is 0 Å². The number of anilines is 2. The molecule has 2 atom stereocenters. The number of hydrogen-bond donors (Lipinski definition) is 4. The molecule has 3 rings (SSSR count). The zero-order chi connectivity index (χ0) is 26.0. The van der Waals surface area contributed by atoms with E-state index in [0.717, 1.165) is 12.0 Å². The third-order valence-electron chi connectivity index (χ3n) is 6.06. The van der Waals surface area contributed by atoms with Crippen LogP contribution in [-0.4, -0.2) is 52.6 Å². The fraction of sp³-hybridized carbons (Fsp3) is 0.500. The summed E-state index contributed by atoms with van der Waals surface area (Å²) < 4.78 is 69.6. The lowest BCUT2D eigenvalue weighted by molar-refractivity contribution is 0.492. The smallest absolute Gasteiger partial charge is 0.264 e. The monoisotopic (exact) mass is 543 g/mol. The van der Waals surface area contributed by atoms with Crippen LogP contribution in [0.3, 0.4) is 0 Å². The van der Waals surface area contributed by atoms with Gasteiger partial charge in [-0.3, -0.25) is 13.4 Å². The van der Waals surface area contributed by atoms with Crippen LogP contribution in [0.15, 0.2) is 52.3 Å². The summed E-state index contributed by atoms with van der Waals surface area (Å²) in [4.78, 5) is 0.101. The van der Waals surface area contributed by atoms with Gasteiger partial charge in [0.25, 0.3) is 10.0 Å². The predicted octanol–water partition coefficient (Wildman–Crippen LogP) is 5.32. The molecule has 2 aromatic carbocycles. The quantitative estimate of drug-likeness (QED) is 0.321. The van der Waals surface area contributed by atoms with E-state index in [1.165, 1.54) is 22.7 Å². The van der Waals surface area contributed by atoms with Crippen molar-refractivity contribution in [2.45, 2.75) is 43.4 Å². The molecule has 0 spiro atoms. The Morgan fingerprint density at radius 3 is 2.31 bits per heavy atom. The molecule has 1 fully saturated rings. The molecule has 0 aromatic heterocycles. The highest BCUT2D eigenvalue weighted by Crippen LogP contribution is 2.48. The lowest BCUT2D eigenvalue weighted by Gasteiger charge is -2.27. The van der Waals surface area contributed by atoms with Crippen molar-refractivity contribution in [2.75, 3.05) is 40.5 Å². The highest BCUT2D eigenvalue weighted by Gasteiger charge is 2.30. The van der Waals surface area contributed by atoms with Gasteiger partial charge in [0.1, 0.15) is 0 Å². The van der Waals surface area contributed by atoms with Crippen LogP contribution >= 0.6 is 10.6 Å². The highest BCUT2D eigenvalue weighted by atomic mass is 32.3. The van der Waals surface area contributed by atoms with Crippen molar-refractivity contribution in [3.05, 3.63) is 48.0 Å². The van der Waals surface area contributed by atoms with Crippen LogP contribution in [-0.2, 0) is 26.2 Å². The molecule has 11 heteroatoms. The second-order valence-electron chi connectivity index (χ2n) is 9.66. The molecule has 1 aliphatic rings. The summed E-state index contributed by atoms with van der Waals surface area (Å²) in [5.41, 5.74) is 2.09. The Morgan fingerprint density at radius 2 is 1.80 bits per heavy atom. The fourth-order valence-corrected chi connectivity index (χ4v) is 8.70. The Kier molecular flexibility index (Phi) is 8.48. The molecular weight excluding hydrogens is 506 g/mol. The molecule has 1 heterocycles. The van der Waals surface area contributed by atoms with Gasteiger partial charge in [-0.15, -0.1) is 0 Å². The third kappa shape index (κ3) is 6.91. The normalized spacial score (nSPS) is 20.4. The van der Waals surface area contributed by atoms with Crippen molar-refractivity contribution in [1.29, 1.82) is 4.78 Å². The van der Waals surface area contributed by atoms with Gasteiger partial charge in [-0.1, -0.05) is 32.9 Å². The number of benzene rings is 2. The van der Waals surface area contributed by atoms with Gasteiger partial charge in [-0.05, 0) is 60.6 Å². The first-order valence-corrected chi connectivity index (χ1v) is 17.0. The van der Waals surface area contributed by atoms with Gasteiger partial charge in [-0.25, -0.2) is 17.4 Å². The number of hydrogen-bond acceptors (Lipinski definition) is 7. The van der Waals surface area contributed by atoms with Crippen molar-refractivity contribution in [3.63, 3.8) is 0 Å². The molecule has 0 amide bonds. The van der Waals surface area contributed by atoms with E-state index in [0.29, 0.717) is 35.8 Å². The maximum absolute atomic E-state index is 13.8. The maximum Gasteiger partial charge on any atom is 0.264 e. The maximum atomic E-state index is 13.8. The Hall–Kier alpha value is -1.79. The first-order chi connectivity index (χ1) is 16.2. The van der Waals surface area contributed by atoms with Crippen molar-refractivity contribution >= 4 is 41.7 Å². The summed E-state index contributed by atoms with van der Waals surface area (Å²) in [5.74, 6) is 0.798. The van der Waals surface area contributed by atoms with Crippen LogP contribution in [0.2, 0.25) is 0 Å². The van der Waals surface area contributed by atoms with Gasteiger partial charge in [0.2, 0.25) is 0 Å². The largest absolute Gasteiger partial charge is 0.384 e. The molecule has 0 radical (unpaired) electrons. The van der Waals surface area contributed by atoms with Gasteiger partial charge >= 0.3 is 0 Å². The standard InChI is InChI=1S/C24H37N3O5S3/c1-5-19-6-8-21(9-7-19)27(16-18(2)3)35(31,32)22-10-11-23(24(14-22)33(4,25)28)26-15-20-12-13-34(29,30)17-20/h6-11,14,18,20,25-26,29-30H,5,12-13,15-17H2,1-4H3. The predicted molar refractivity (Wildman–Crippen MR) is 146 cm³/mol. The number of nitrogens with one attached hydrogen (secondary N) is 2. The number of nitrogens with zero attached hydrogens (tertiary/aromatic N) is 1. The fourth-order valence-electron chi connectivity index (χ4n) is 4.15. The zero-order valence-electron chi connectivity index (χ0n) is 20.7. The summed E-state index contributed by atoms with van der Waals surface area (Å²) in [6.45, 7) is 6.63. The topological polar surface area (TPSA) is 131 Å². The Labute approximate surface area is 211 Å². The van der Waals surface area contributed by atoms with Crippen LogP contribution in [0, 0.1) is 16.6 Å². The van der Waals surface area contributed by atoms with Crippen LogP contribution in [0.25, 0.3) is 0 Å². The number of aryl methyl sites for hydroxylation is 1. The number of rotatable bonds is 10. The average Bonchev–Trinajstić information content (AvgIpc) is 3.13. The molecule has 2 aromatic rings. The minimum atomic E-state index is -3.98. The molecule has 4 N–H and O–H groups in total. The lowest BCUT2D eigenvalue weighted by Crippen LogP contribution is -2.34. The molecule has 0 bridgehead atoms. The van der Waals surface area contributed by atoms with E-state index < -0.39 is 30.3 Å². The number of sulfonamides is 1. The lowest BCUT2D eigenvalue weighted by atomic mass is 10.1. The van der Waals surface area contributed by atoms with E-state index in [2.05, 4.69) is 5.32 Å². The highest BCUT2D eigenvalue weighted by molar-refractivity contribution is 8.24. The summed E-state index contributed by atoms with van der Waals surface area (Å²) in [6, 6.07) is 11.8. The van der Waals surface area contributed by atoms with Crippen LogP contribution in [0.4, 0.5) is 11.4 Å². The second-order valence-corrected chi connectivity index (χ2v) is 16.0. The van der Waals surface area contributed by atoms with Gasteiger partial charge in [-0.2, -0.15) is 10.6 Å². The molecule has 196 valence electrons. The molecular formula is C24H37N3O5S3. The van der Waals surface area contributed by atoms with E-state index in [1.807, 2.05) is 32.9 Å². The van der Waals surface area contributed by atoms with Crippen LogP contribution in [0.1, 0.15) is 32.8 Å². The zero-order valence-corrected chi connectivity index (χ0v) is 23.2. The van der Waals surface area contributed by atoms with E-state index in [4.69, 9.17) is 4.78 Å². The van der Waals surface area contributed by atoms with Gasteiger partial charge in [0, 0.05) is 30.9 Å². The first-order valence-electron chi connectivity index (χ1n) is 11.7. The molecule has 0 aliphatic carbocycles. The first kappa shape index (κ1) is 27.8.